The fourth-order valence-corrected chi connectivity index (χ4v) is 3.68. The lowest BCUT2D eigenvalue weighted by Gasteiger charge is -2.17. The summed E-state index contributed by atoms with van der Waals surface area (Å²) < 4.78 is 49.8. The smallest absolute Gasteiger partial charge is 0.246 e. The lowest BCUT2D eigenvalue weighted by Crippen LogP contribution is -2.28. The van der Waals surface area contributed by atoms with E-state index in [1.807, 2.05) is 0 Å². The number of nitrogens with zero attached hydrogens (tertiary/aromatic N) is 1. The van der Waals surface area contributed by atoms with Crippen molar-refractivity contribution in [1.29, 1.82) is 0 Å². The van der Waals surface area contributed by atoms with Gasteiger partial charge in [0.15, 0.2) is 11.5 Å². The number of sulfonamides is 1. The first-order valence-electron chi connectivity index (χ1n) is 5.92. The van der Waals surface area contributed by atoms with E-state index < -0.39 is 15.8 Å². The topological polar surface area (TPSA) is 55.8 Å². The summed E-state index contributed by atoms with van der Waals surface area (Å²) in [5, 5.41) is 0. The van der Waals surface area contributed by atoms with Crippen molar-refractivity contribution < 1.29 is 22.3 Å². The maximum atomic E-state index is 14.0. The van der Waals surface area contributed by atoms with Gasteiger partial charge in [-0.15, -0.1) is 0 Å². The molecule has 1 aromatic rings. The summed E-state index contributed by atoms with van der Waals surface area (Å²) in [6, 6.07) is 2.20. The standard InChI is InChI=1S/C12H16FNO4S/c1-17-10-7-9(13)12(8-11(10)18-2)19(15,16)14-5-3-4-6-14/h7-8H,3-6H2,1-2H3. The Labute approximate surface area is 112 Å². The molecule has 0 atom stereocenters. The molecule has 0 aliphatic carbocycles. The summed E-state index contributed by atoms with van der Waals surface area (Å²) >= 11 is 0. The van der Waals surface area contributed by atoms with Gasteiger partial charge in [-0.05, 0) is 12.8 Å². The van der Waals surface area contributed by atoms with Gasteiger partial charge in [0.05, 0.1) is 14.2 Å². The highest BCUT2D eigenvalue weighted by molar-refractivity contribution is 7.89. The molecule has 7 heteroatoms. The third-order valence-corrected chi connectivity index (χ3v) is 5.03. The maximum absolute atomic E-state index is 14.0. The van der Waals surface area contributed by atoms with E-state index in [2.05, 4.69) is 0 Å². The van der Waals surface area contributed by atoms with Crippen molar-refractivity contribution >= 4 is 10.0 Å². The molecule has 0 N–H and O–H groups in total. The first kappa shape index (κ1) is 14.1. The van der Waals surface area contributed by atoms with Crippen LogP contribution >= 0.6 is 0 Å². The lowest BCUT2D eigenvalue weighted by atomic mass is 10.3. The van der Waals surface area contributed by atoms with Crippen molar-refractivity contribution in [1.82, 2.24) is 4.31 Å². The van der Waals surface area contributed by atoms with Crippen LogP contribution in [0.25, 0.3) is 0 Å². The molecule has 106 valence electrons. The van der Waals surface area contributed by atoms with E-state index in [0.29, 0.717) is 13.1 Å². The first-order valence-corrected chi connectivity index (χ1v) is 7.36. The quantitative estimate of drug-likeness (QED) is 0.845. The van der Waals surface area contributed by atoms with E-state index >= 15 is 0 Å². The van der Waals surface area contributed by atoms with Gasteiger partial charge in [-0.3, -0.25) is 0 Å². The van der Waals surface area contributed by atoms with Gasteiger partial charge in [0.2, 0.25) is 10.0 Å². The summed E-state index contributed by atoms with van der Waals surface area (Å²) in [5.74, 6) is -0.466. The van der Waals surface area contributed by atoms with Gasteiger partial charge in [0, 0.05) is 25.2 Å². The summed E-state index contributed by atoms with van der Waals surface area (Å²) in [7, 11) is -1.06. The molecule has 1 aliphatic rings. The molecular formula is C12H16FNO4S. The number of halogens is 1. The molecule has 5 nitrogen and oxygen atoms in total. The van der Waals surface area contributed by atoms with Crippen molar-refractivity contribution in [2.45, 2.75) is 17.7 Å². The van der Waals surface area contributed by atoms with Crippen LogP contribution in [-0.4, -0.2) is 40.0 Å². The average Bonchev–Trinajstić information content (AvgIpc) is 2.92. The number of benzene rings is 1. The van der Waals surface area contributed by atoms with Gasteiger partial charge in [-0.1, -0.05) is 0 Å². The predicted molar refractivity (Wildman–Crippen MR) is 67.5 cm³/mol. The van der Waals surface area contributed by atoms with Crippen LogP contribution in [0.5, 0.6) is 11.5 Å². The second-order valence-corrected chi connectivity index (χ2v) is 6.16. The Bertz CT molecular complexity index is 567. The zero-order chi connectivity index (χ0) is 14.0. The van der Waals surface area contributed by atoms with E-state index in [1.165, 1.54) is 24.6 Å². The highest BCUT2D eigenvalue weighted by Gasteiger charge is 2.31. The van der Waals surface area contributed by atoms with E-state index in [1.54, 1.807) is 0 Å². The molecule has 0 spiro atoms. The molecule has 0 radical (unpaired) electrons. The number of hydrogen-bond acceptors (Lipinski definition) is 4. The fourth-order valence-electron chi connectivity index (χ4n) is 2.10. The van der Waals surface area contributed by atoms with Gasteiger partial charge < -0.3 is 9.47 Å². The van der Waals surface area contributed by atoms with Crippen LogP contribution in [0.3, 0.4) is 0 Å². The largest absolute Gasteiger partial charge is 0.493 e. The molecule has 1 saturated heterocycles. The summed E-state index contributed by atoms with van der Waals surface area (Å²) in [6.07, 6.45) is 1.60. The monoisotopic (exact) mass is 289 g/mol. The van der Waals surface area contributed by atoms with Crippen molar-refractivity contribution in [3.8, 4) is 11.5 Å². The van der Waals surface area contributed by atoms with Crippen LogP contribution in [0.4, 0.5) is 4.39 Å². The molecule has 1 aromatic carbocycles. The highest BCUT2D eigenvalue weighted by atomic mass is 32.2. The Balaban J connectivity index is 2.49. The molecule has 0 bridgehead atoms. The van der Waals surface area contributed by atoms with Crippen molar-refractivity contribution in [2.24, 2.45) is 0 Å². The molecule has 1 aliphatic heterocycles. The Hall–Kier alpha value is -1.34. The number of methoxy groups -OCH3 is 2. The van der Waals surface area contributed by atoms with Crippen LogP contribution < -0.4 is 9.47 Å². The summed E-state index contributed by atoms with van der Waals surface area (Å²) in [6.45, 7) is 0.853. The van der Waals surface area contributed by atoms with E-state index in [-0.39, 0.29) is 16.4 Å². The van der Waals surface area contributed by atoms with Gasteiger partial charge in [-0.2, -0.15) is 4.31 Å². The van der Waals surface area contributed by atoms with Gasteiger partial charge in [0.1, 0.15) is 10.7 Å². The molecule has 0 unspecified atom stereocenters. The normalized spacial score (nSPS) is 16.6. The van der Waals surface area contributed by atoms with Crippen molar-refractivity contribution in [3.63, 3.8) is 0 Å². The van der Waals surface area contributed by atoms with Crippen LogP contribution in [0.1, 0.15) is 12.8 Å². The number of ether oxygens (including phenoxy) is 2. The molecule has 0 aromatic heterocycles. The molecule has 0 amide bonds. The fraction of sp³-hybridized carbons (Fsp3) is 0.500. The minimum absolute atomic E-state index is 0.167. The van der Waals surface area contributed by atoms with Crippen molar-refractivity contribution in [3.05, 3.63) is 17.9 Å². The predicted octanol–water partition coefficient (Wildman–Crippen LogP) is 1.63. The molecule has 19 heavy (non-hydrogen) atoms. The SMILES string of the molecule is COc1cc(F)c(S(=O)(=O)N2CCCC2)cc1OC. The van der Waals surface area contributed by atoms with Crippen LogP contribution in [0.15, 0.2) is 17.0 Å². The molecule has 1 fully saturated rings. The van der Waals surface area contributed by atoms with E-state index in [4.69, 9.17) is 9.47 Å². The second-order valence-electron chi connectivity index (χ2n) is 4.25. The lowest BCUT2D eigenvalue weighted by molar-refractivity contribution is 0.349. The minimum Gasteiger partial charge on any atom is -0.493 e. The Kier molecular flexibility index (Phi) is 3.96. The highest BCUT2D eigenvalue weighted by Crippen LogP contribution is 2.33. The number of hydrogen-bond donors (Lipinski definition) is 0. The molecule has 1 heterocycles. The molecule has 2 rings (SSSR count). The van der Waals surface area contributed by atoms with E-state index in [0.717, 1.165) is 18.9 Å². The van der Waals surface area contributed by atoms with Gasteiger partial charge in [-0.25, -0.2) is 12.8 Å². The Morgan fingerprint density at radius 2 is 1.63 bits per heavy atom. The second kappa shape index (κ2) is 5.34. The number of rotatable bonds is 4. The van der Waals surface area contributed by atoms with Gasteiger partial charge >= 0.3 is 0 Å². The van der Waals surface area contributed by atoms with Crippen LogP contribution in [0.2, 0.25) is 0 Å². The van der Waals surface area contributed by atoms with Crippen LogP contribution in [-0.2, 0) is 10.0 Å². The molecule has 0 saturated carbocycles. The average molecular weight is 289 g/mol. The third-order valence-electron chi connectivity index (χ3n) is 3.12. The summed E-state index contributed by atoms with van der Waals surface area (Å²) in [5.41, 5.74) is 0. The summed E-state index contributed by atoms with van der Waals surface area (Å²) in [4.78, 5) is -0.368. The first-order chi connectivity index (χ1) is 9.00. The van der Waals surface area contributed by atoms with Gasteiger partial charge in [0.25, 0.3) is 0 Å². The minimum atomic E-state index is -3.80. The Morgan fingerprint density at radius 3 is 2.16 bits per heavy atom. The maximum Gasteiger partial charge on any atom is 0.246 e. The van der Waals surface area contributed by atoms with Crippen molar-refractivity contribution in [2.75, 3.05) is 27.3 Å². The zero-order valence-electron chi connectivity index (χ0n) is 10.8. The van der Waals surface area contributed by atoms with Crippen LogP contribution in [0, 0.1) is 5.82 Å². The zero-order valence-corrected chi connectivity index (χ0v) is 11.7. The third kappa shape index (κ3) is 2.52. The van der Waals surface area contributed by atoms with E-state index in [9.17, 15) is 12.8 Å². The molecular weight excluding hydrogens is 273 g/mol. The Morgan fingerprint density at radius 1 is 1.11 bits per heavy atom.